The van der Waals surface area contributed by atoms with E-state index in [1.807, 2.05) is 13.8 Å². The van der Waals surface area contributed by atoms with Crippen molar-refractivity contribution in [2.75, 3.05) is 25.4 Å². The number of aliphatic hydroxyl groups excluding tert-OH is 1. The molecule has 3 atom stereocenters. The molecule has 0 saturated heterocycles. The fourth-order valence-electron chi connectivity index (χ4n) is 2.43. The minimum atomic E-state index is -0.698. The summed E-state index contributed by atoms with van der Waals surface area (Å²) in [6, 6.07) is 0.339. The molecular weight excluding hydrogens is 262 g/mol. The molecule has 5 nitrogen and oxygen atoms in total. The molecule has 0 bridgehead atoms. The first kappa shape index (κ1) is 16.4. The van der Waals surface area contributed by atoms with Crippen LogP contribution in [0.15, 0.2) is 4.99 Å². The number of hydrogen-bond acceptors (Lipinski definition) is 3. The van der Waals surface area contributed by atoms with Gasteiger partial charge in [-0.2, -0.15) is 0 Å². The van der Waals surface area contributed by atoms with Gasteiger partial charge in [-0.15, -0.1) is 0 Å². The molecule has 1 aliphatic rings. The van der Waals surface area contributed by atoms with Gasteiger partial charge in [0.05, 0.1) is 13.2 Å². The normalized spacial score (nSPS) is 25.9. The lowest BCUT2D eigenvalue weighted by Crippen LogP contribution is -2.46. The van der Waals surface area contributed by atoms with Crippen LogP contribution in [0.3, 0.4) is 0 Å². The van der Waals surface area contributed by atoms with Crippen molar-refractivity contribution in [3.63, 3.8) is 0 Å². The van der Waals surface area contributed by atoms with E-state index in [4.69, 9.17) is 5.11 Å². The molecule has 1 rings (SSSR count). The molecule has 0 amide bonds. The molecule has 0 aromatic carbocycles. The standard InChI is InChI=1S/C13H27N3O2S/c1-3-14-13(15-8-9-17)16-11-6-5-7-12(10-11)19(18)4-2/h11-12,17H,3-10H2,1-2H3,(H2,14,15,16). The van der Waals surface area contributed by atoms with Crippen molar-refractivity contribution in [3.05, 3.63) is 0 Å². The largest absolute Gasteiger partial charge is 0.394 e. The molecule has 3 N–H and O–H groups in total. The first-order valence-electron chi connectivity index (χ1n) is 7.24. The zero-order valence-corrected chi connectivity index (χ0v) is 12.8. The van der Waals surface area contributed by atoms with Crippen molar-refractivity contribution in [2.24, 2.45) is 4.99 Å². The minimum Gasteiger partial charge on any atom is -0.394 e. The maximum atomic E-state index is 11.9. The van der Waals surface area contributed by atoms with Gasteiger partial charge in [-0.05, 0) is 26.2 Å². The van der Waals surface area contributed by atoms with Gasteiger partial charge >= 0.3 is 0 Å². The van der Waals surface area contributed by atoms with E-state index in [0.717, 1.165) is 43.9 Å². The van der Waals surface area contributed by atoms with Crippen molar-refractivity contribution in [3.8, 4) is 0 Å². The van der Waals surface area contributed by atoms with Crippen LogP contribution in [0.1, 0.15) is 39.5 Å². The Bertz CT molecular complexity index is 310. The zero-order chi connectivity index (χ0) is 14.1. The summed E-state index contributed by atoms with van der Waals surface area (Å²) in [6.07, 6.45) is 4.24. The van der Waals surface area contributed by atoms with E-state index < -0.39 is 10.8 Å². The van der Waals surface area contributed by atoms with Crippen LogP contribution in [-0.4, -0.2) is 52.0 Å². The van der Waals surface area contributed by atoms with Crippen molar-refractivity contribution >= 4 is 16.8 Å². The number of rotatable bonds is 6. The molecule has 1 saturated carbocycles. The summed E-state index contributed by atoms with van der Waals surface area (Å²) in [4.78, 5) is 4.28. The number of aliphatic hydroxyl groups is 1. The SMILES string of the molecule is CCNC(=NCCO)NC1CCCC(S(=O)CC)C1. The monoisotopic (exact) mass is 289 g/mol. The highest BCUT2D eigenvalue weighted by molar-refractivity contribution is 7.85. The summed E-state index contributed by atoms with van der Waals surface area (Å²) < 4.78 is 11.9. The van der Waals surface area contributed by atoms with E-state index in [9.17, 15) is 4.21 Å². The smallest absolute Gasteiger partial charge is 0.191 e. The molecule has 3 unspecified atom stereocenters. The molecule has 1 fully saturated rings. The Hall–Kier alpha value is -0.620. The van der Waals surface area contributed by atoms with Gasteiger partial charge in [0.15, 0.2) is 5.96 Å². The topological polar surface area (TPSA) is 73.7 Å². The second-order valence-electron chi connectivity index (χ2n) is 4.78. The third-order valence-corrected chi connectivity index (χ3v) is 5.08. The summed E-state index contributed by atoms with van der Waals surface area (Å²) in [5.41, 5.74) is 0. The van der Waals surface area contributed by atoms with Crippen molar-refractivity contribution in [1.82, 2.24) is 10.6 Å². The molecule has 112 valence electrons. The summed E-state index contributed by atoms with van der Waals surface area (Å²) in [7, 11) is -0.698. The lowest BCUT2D eigenvalue weighted by atomic mass is 9.95. The molecule has 0 aromatic heterocycles. The van der Waals surface area contributed by atoms with Crippen LogP contribution < -0.4 is 10.6 Å². The first-order valence-corrected chi connectivity index (χ1v) is 8.62. The summed E-state index contributed by atoms with van der Waals surface area (Å²) >= 11 is 0. The lowest BCUT2D eigenvalue weighted by Gasteiger charge is -2.30. The maximum Gasteiger partial charge on any atom is 0.191 e. The Morgan fingerprint density at radius 2 is 2.21 bits per heavy atom. The Balaban J connectivity index is 2.51. The van der Waals surface area contributed by atoms with Crippen LogP contribution in [-0.2, 0) is 10.8 Å². The Kier molecular flexibility index (Phi) is 8.05. The highest BCUT2D eigenvalue weighted by Gasteiger charge is 2.25. The predicted molar refractivity (Wildman–Crippen MR) is 80.9 cm³/mol. The van der Waals surface area contributed by atoms with E-state index >= 15 is 0 Å². The third-order valence-electron chi connectivity index (χ3n) is 3.34. The molecule has 19 heavy (non-hydrogen) atoms. The number of nitrogens with one attached hydrogen (secondary N) is 2. The van der Waals surface area contributed by atoms with Gasteiger partial charge in [0.1, 0.15) is 0 Å². The van der Waals surface area contributed by atoms with E-state index in [1.54, 1.807) is 0 Å². The highest BCUT2D eigenvalue weighted by Crippen LogP contribution is 2.22. The molecule has 0 heterocycles. The van der Waals surface area contributed by atoms with Crippen LogP contribution in [0, 0.1) is 0 Å². The van der Waals surface area contributed by atoms with Crippen LogP contribution in [0.25, 0.3) is 0 Å². The molecular formula is C13H27N3O2S. The number of guanidine groups is 1. The fraction of sp³-hybridized carbons (Fsp3) is 0.923. The zero-order valence-electron chi connectivity index (χ0n) is 12.0. The van der Waals surface area contributed by atoms with Crippen molar-refractivity contribution < 1.29 is 9.32 Å². The van der Waals surface area contributed by atoms with Gasteiger partial charge < -0.3 is 15.7 Å². The summed E-state index contributed by atoms with van der Waals surface area (Å²) in [6.45, 7) is 5.27. The highest BCUT2D eigenvalue weighted by atomic mass is 32.2. The van der Waals surface area contributed by atoms with Crippen molar-refractivity contribution in [1.29, 1.82) is 0 Å². The third kappa shape index (κ3) is 5.91. The van der Waals surface area contributed by atoms with Crippen LogP contribution >= 0.6 is 0 Å². The summed E-state index contributed by atoms with van der Waals surface area (Å²) in [5.74, 6) is 1.50. The van der Waals surface area contributed by atoms with Crippen LogP contribution in [0.5, 0.6) is 0 Å². The van der Waals surface area contributed by atoms with Crippen LogP contribution in [0.2, 0.25) is 0 Å². The maximum absolute atomic E-state index is 11.9. The van der Waals surface area contributed by atoms with E-state index in [2.05, 4.69) is 15.6 Å². The minimum absolute atomic E-state index is 0.0592. The molecule has 0 aliphatic heterocycles. The second kappa shape index (κ2) is 9.31. The Morgan fingerprint density at radius 3 is 2.84 bits per heavy atom. The van der Waals surface area contributed by atoms with E-state index in [-0.39, 0.29) is 6.61 Å². The predicted octanol–water partition coefficient (Wildman–Crippen LogP) is 0.614. The quantitative estimate of drug-likeness (QED) is 0.495. The molecule has 0 radical (unpaired) electrons. The van der Waals surface area contributed by atoms with Gasteiger partial charge in [0.2, 0.25) is 0 Å². The summed E-state index contributed by atoms with van der Waals surface area (Å²) in [5, 5.41) is 15.7. The van der Waals surface area contributed by atoms with Crippen molar-refractivity contribution in [2.45, 2.75) is 50.8 Å². The molecule has 1 aliphatic carbocycles. The number of nitrogens with zero attached hydrogens (tertiary/aromatic N) is 1. The van der Waals surface area contributed by atoms with Gasteiger partial charge in [-0.1, -0.05) is 13.3 Å². The number of aliphatic imine (C=N–C) groups is 1. The average Bonchev–Trinajstić information content (AvgIpc) is 2.44. The molecule has 0 aromatic rings. The van der Waals surface area contributed by atoms with E-state index in [0.29, 0.717) is 17.8 Å². The van der Waals surface area contributed by atoms with Gasteiger partial charge in [-0.3, -0.25) is 9.20 Å². The molecule has 6 heteroatoms. The fourth-order valence-corrected chi connectivity index (χ4v) is 3.77. The first-order chi connectivity index (χ1) is 9.21. The number of hydrogen-bond donors (Lipinski definition) is 3. The van der Waals surface area contributed by atoms with Gasteiger partial charge in [0.25, 0.3) is 0 Å². The lowest BCUT2D eigenvalue weighted by molar-refractivity contribution is 0.306. The van der Waals surface area contributed by atoms with Crippen LogP contribution in [0.4, 0.5) is 0 Å². The van der Waals surface area contributed by atoms with Gasteiger partial charge in [-0.25, -0.2) is 0 Å². The molecule has 0 spiro atoms. The van der Waals surface area contributed by atoms with Gasteiger partial charge in [0, 0.05) is 34.4 Å². The Labute approximate surface area is 118 Å². The average molecular weight is 289 g/mol. The second-order valence-corrected chi connectivity index (χ2v) is 6.79. The van der Waals surface area contributed by atoms with E-state index in [1.165, 1.54) is 0 Å². The Morgan fingerprint density at radius 1 is 1.42 bits per heavy atom.